The predicted molar refractivity (Wildman–Crippen MR) is 152 cm³/mol. The van der Waals surface area contributed by atoms with Gasteiger partial charge in [-0.15, -0.1) is 0 Å². The summed E-state index contributed by atoms with van der Waals surface area (Å²) in [5.41, 5.74) is 4.41. The van der Waals surface area contributed by atoms with Gasteiger partial charge in [0.05, 0.1) is 17.3 Å². The van der Waals surface area contributed by atoms with Gasteiger partial charge in [0.15, 0.2) is 17.0 Å². The number of imidazole rings is 1. The molecule has 1 fully saturated rings. The first kappa shape index (κ1) is 26.3. The molecule has 4 heterocycles. The van der Waals surface area contributed by atoms with Crippen LogP contribution in [0.2, 0.25) is 5.02 Å². The highest BCUT2D eigenvalue weighted by molar-refractivity contribution is 6.33. The zero-order chi connectivity index (χ0) is 26.5. The van der Waals surface area contributed by atoms with Crippen molar-refractivity contribution in [2.45, 2.75) is 27.3 Å². The quantitative estimate of drug-likeness (QED) is 0.326. The van der Waals surface area contributed by atoms with E-state index in [4.69, 9.17) is 21.3 Å². The van der Waals surface area contributed by atoms with E-state index in [1.54, 1.807) is 6.33 Å². The summed E-state index contributed by atoms with van der Waals surface area (Å²) in [6, 6.07) is 9.90. The lowest BCUT2D eigenvalue weighted by Gasteiger charge is -2.26. The van der Waals surface area contributed by atoms with E-state index in [1.807, 2.05) is 30.5 Å². The molecular formula is C28H35ClN8O. The Kier molecular flexibility index (Phi) is 8.36. The fourth-order valence-electron chi connectivity index (χ4n) is 4.88. The maximum absolute atomic E-state index is 6.86. The molecule has 5 rings (SSSR count). The number of aromatic nitrogens is 5. The van der Waals surface area contributed by atoms with E-state index < -0.39 is 0 Å². The summed E-state index contributed by atoms with van der Waals surface area (Å²) in [5, 5.41) is 3.96. The molecule has 0 amide bonds. The first-order valence-corrected chi connectivity index (χ1v) is 13.7. The molecule has 0 bridgehead atoms. The third kappa shape index (κ3) is 5.75. The van der Waals surface area contributed by atoms with E-state index in [0.717, 1.165) is 91.2 Å². The molecule has 0 spiro atoms. The lowest BCUT2D eigenvalue weighted by molar-refractivity contribution is 0.191. The van der Waals surface area contributed by atoms with Crippen molar-refractivity contribution in [1.82, 2.24) is 34.7 Å². The largest absolute Gasteiger partial charge is 0.492 e. The molecule has 0 saturated carbocycles. The highest BCUT2D eigenvalue weighted by Gasteiger charge is 2.22. The second kappa shape index (κ2) is 12.1. The van der Waals surface area contributed by atoms with E-state index in [-0.39, 0.29) is 0 Å². The Morgan fingerprint density at radius 2 is 1.87 bits per heavy atom. The van der Waals surface area contributed by atoms with Crippen molar-refractivity contribution in [2.75, 3.05) is 57.3 Å². The van der Waals surface area contributed by atoms with Gasteiger partial charge in [-0.3, -0.25) is 9.88 Å². The Balaban J connectivity index is 1.49. The number of halogens is 1. The molecule has 0 radical (unpaired) electrons. The van der Waals surface area contributed by atoms with Gasteiger partial charge in [0.2, 0.25) is 0 Å². The van der Waals surface area contributed by atoms with Crippen LogP contribution in [0.4, 0.5) is 5.82 Å². The highest BCUT2D eigenvalue weighted by Crippen LogP contribution is 2.34. The average molecular weight is 535 g/mol. The van der Waals surface area contributed by atoms with Crippen LogP contribution in [0.1, 0.15) is 25.1 Å². The second-order valence-electron chi connectivity index (χ2n) is 9.47. The number of piperazine rings is 1. The van der Waals surface area contributed by atoms with Crippen LogP contribution >= 0.6 is 11.6 Å². The van der Waals surface area contributed by atoms with Crippen LogP contribution in [0.3, 0.4) is 0 Å². The van der Waals surface area contributed by atoms with Crippen molar-refractivity contribution in [1.29, 1.82) is 0 Å². The molecule has 38 heavy (non-hydrogen) atoms. The van der Waals surface area contributed by atoms with Crippen molar-refractivity contribution in [3.05, 3.63) is 59.1 Å². The van der Waals surface area contributed by atoms with Crippen molar-refractivity contribution in [3.8, 4) is 17.1 Å². The van der Waals surface area contributed by atoms with E-state index >= 15 is 0 Å². The normalized spacial score (nSPS) is 14.2. The zero-order valence-electron chi connectivity index (χ0n) is 22.3. The Labute approximate surface area is 228 Å². The average Bonchev–Trinajstić information content (AvgIpc) is 3.29. The summed E-state index contributed by atoms with van der Waals surface area (Å²) in [6.07, 6.45) is 3.44. The van der Waals surface area contributed by atoms with E-state index in [0.29, 0.717) is 18.2 Å². The first-order valence-electron chi connectivity index (χ1n) is 13.3. The number of anilines is 1. The van der Waals surface area contributed by atoms with Gasteiger partial charge in [-0.2, -0.15) is 0 Å². The number of ether oxygens (including phenoxy) is 1. The van der Waals surface area contributed by atoms with E-state index in [9.17, 15) is 0 Å². The molecule has 0 atom stereocenters. The molecule has 1 aliphatic rings. The van der Waals surface area contributed by atoms with Crippen LogP contribution in [0.25, 0.3) is 22.6 Å². The second-order valence-corrected chi connectivity index (χ2v) is 9.88. The summed E-state index contributed by atoms with van der Waals surface area (Å²) in [5.74, 6) is 2.30. The van der Waals surface area contributed by atoms with E-state index in [2.05, 4.69) is 61.5 Å². The number of hydrogen-bond donors (Lipinski definition) is 1. The molecule has 3 aromatic heterocycles. The number of pyridine rings is 1. The van der Waals surface area contributed by atoms with Crippen molar-refractivity contribution in [3.63, 3.8) is 0 Å². The van der Waals surface area contributed by atoms with Crippen LogP contribution in [0.15, 0.2) is 42.9 Å². The number of fused-ring (bicyclic) bond motifs is 1. The van der Waals surface area contributed by atoms with Crippen molar-refractivity contribution >= 4 is 28.6 Å². The maximum Gasteiger partial charge on any atom is 0.166 e. The van der Waals surface area contributed by atoms with Gasteiger partial charge >= 0.3 is 0 Å². The SMILES string of the molecule is CCN(CC)c1ncnc2c1nc(-c1ccc(OCCN3CCNCC3)cc1Cl)n2Cc1cc(C)ccn1. The maximum atomic E-state index is 6.86. The Bertz CT molecular complexity index is 1380. The predicted octanol–water partition coefficient (Wildman–Crippen LogP) is 4.03. The van der Waals surface area contributed by atoms with Crippen molar-refractivity contribution in [2.24, 2.45) is 0 Å². The number of aryl methyl sites for hydroxylation is 1. The van der Waals surface area contributed by atoms with Crippen molar-refractivity contribution < 1.29 is 4.74 Å². The standard InChI is InChI=1S/C28H35ClN8O/c1-4-36(5-2)27-25-28(33-19-32-27)37(18-21-16-20(3)8-9-31-21)26(34-25)23-7-6-22(17-24(23)29)38-15-14-35-12-10-30-11-13-35/h6-9,16-17,19,30H,4-5,10-15,18H2,1-3H3. The molecule has 0 unspecified atom stereocenters. The molecule has 10 heteroatoms. The van der Waals surface area contributed by atoms with Gasteiger partial charge in [0.25, 0.3) is 0 Å². The third-order valence-corrected chi connectivity index (χ3v) is 7.25. The monoisotopic (exact) mass is 534 g/mol. The molecule has 9 nitrogen and oxygen atoms in total. The van der Waals surface area contributed by atoms with Crippen LogP contribution < -0.4 is 15.0 Å². The topological polar surface area (TPSA) is 84.2 Å². The number of nitrogens with one attached hydrogen (secondary N) is 1. The van der Waals surface area contributed by atoms with Crippen LogP contribution in [0.5, 0.6) is 5.75 Å². The minimum Gasteiger partial charge on any atom is -0.492 e. The summed E-state index contributed by atoms with van der Waals surface area (Å²) in [6.45, 7) is 14.1. The minimum absolute atomic E-state index is 0.515. The molecule has 200 valence electrons. The van der Waals surface area contributed by atoms with Gasteiger partial charge in [-0.1, -0.05) is 11.6 Å². The lowest BCUT2D eigenvalue weighted by Crippen LogP contribution is -2.44. The van der Waals surface area contributed by atoms with Gasteiger partial charge < -0.3 is 19.5 Å². The highest BCUT2D eigenvalue weighted by atomic mass is 35.5. The van der Waals surface area contributed by atoms with Gasteiger partial charge in [0.1, 0.15) is 24.5 Å². The van der Waals surface area contributed by atoms with Gasteiger partial charge in [-0.05, 0) is 56.7 Å². The number of benzene rings is 1. The number of nitrogens with zero attached hydrogens (tertiary/aromatic N) is 7. The Morgan fingerprint density at radius 3 is 2.61 bits per heavy atom. The summed E-state index contributed by atoms with van der Waals surface area (Å²) >= 11 is 6.86. The molecule has 1 saturated heterocycles. The molecule has 0 aliphatic carbocycles. The molecule has 1 aliphatic heterocycles. The number of rotatable bonds is 10. The molecule has 4 aromatic rings. The Morgan fingerprint density at radius 1 is 1.05 bits per heavy atom. The minimum atomic E-state index is 0.515. The summed E-state index contributed by atoms with van der Waals surface area (Å²) < 4.78 is 8.13. The van der Waals surface area contributed by atoms with Crippen LogP contribution in [-0.4, -0.2) is 81.8 Å². The summed E-state index contributed by atoms with van der Waals surface area (Å²) in [4.78, 5) is 23.5. The number of hydrogen-bond acceptors (Lipinski definition) is 8. The molecular weight excluding hydrogens is 500 g/mol. The van der Waals surface area contributed by atoms with Gasteiger partial charge in [0, 0.05) is 57.6 Å². The van der Waals surface area contributed by atoms with E-state index in [1.165, 1.54) is 0 Å². The first-order chi connectivity index (χ1) is 18.6. The van der Waals surface area contributed by atoms with Crippen LogP contribution in [0, 0.1) is 6.92 Å². The molecule has 1 aromatic carbocycles. The summed E-state index contributed by atoms with van der Waals surface area (Å²) in [7, 11) is 0. The smallest absolute Gasteiger partial charge is 0.166 e. The molecule has 1 N–H and O–H groups in total. The van der Waals surface area contributed by atoms with Crippen LogP contribution in [-0.2, 0) is 6.54 Å². The van der Waals surface area contributed by atoms with Gasteiger partial charge in [-0.25, -0.2) is 15.0 Å². The third-order valence-electron chi connectivity index (χ3n) is 6.94. The fraction of sp³-hybridized carbons (Fsp3) is 0.429. The lowest BCUT2D eigenvalue weighted by atomic mass is 10.2. The Hall–Kier alpha value is -3.27. The zero-order valence-corrected chi connectivity index (χ0v) is 23.1. The fourth-order valence-corrected chi connectivity index (χ4v) is 5.13.